The first-order valence-corrected chi connectivity index (χ1v) is 14.4. The molecule has 1 aromatic carbocycles. The quantitative estimate of drug-likeness (QED) is 0.292. The third kappa shape index (κ3) is 8.92. The molecular weight excluding hydrogens is 488 g/mol. The maximum absolute atomic E-state index is 4.44. The second kappa shape index (κ2) is 16.5. The molecule has 0 saturated carbocycles. The van der Waals surface area contributed by atoms with Crippen LogP contribution < -0.4 is 10.2 Å². The molecular formula is C31H44N6S. The molecule has 0 radical (unpaired) electrons. The third-order valence-electron chi connectivity index (χ3n) is 5.84. The van der Waals surface area contributed by atoms with Gasteiger partial charge in [-0.3, -0.25) is 0 Å². The van der Waals surface area contributed by atoms with Gasteiger partial charge in [-0.15, -0.1) is 11.3 Å². The van der Waals surface area contributed by atoms with Crippen molar-refractivity contribution in [2.24, 2.45) is 0 Å². The molecule has 0 atom stereocenters. The van der Waals surface area contributed by atoms with Gasteiger partial charge in [0.25, 0.3) is 0 Å². The van der Waals surface area contributed by atoms with Gasteiger partial charge in [0.1, 0.15) is 11.6 Å². The summed E-state index contributed by atoms with van der Waals surface area (Å²) in [6.45, 7) is 16.4. The number of piperazine rings is 1. The number of allylic oxidation sites excluding steroid dienone is 1. The Morgan fingerprint density at radius 1 is 0.868 bits per heavy atom. The van der Waals surface area contributed by atoms with Crippen molar-refractivity contribution in [3.05, 3.63) is 71.6 Å². The number of rotatable bonds is 4. The minimum Gasteiger partial charge on any atom is -0.373 e. The van der Waals surface area contributed by atoms with Gasteiger partial charge >= 0.3 is 0 Å². The zero-order chi connectivity index (χ0) is 27.9. The highest BCUT2D eigenvalue weighted by Crippen LogP contribution is 2.29. The van der Waals surface area contributed by atoms with Gasteiger partial charge in [-0.2, -0.15) is 0 Å². The van der Waals surface area contributed by atoms with Crippen LogP contribution in [0.2, 0.25) is 0 Å². The van der Waals surface area contributed by atoms with Gasteiger partial charge in [0.15, 0.2) is 0 Å². The molecule has 1 aliphatic heterocycles. The van der Waals surface area contributed by atoms with Crippen LogP contribution in [0.25, 0.3) is 27.3 Å². The van der Waals surface area contributed by atoms with E-state index < -0.39 is 0 Å². The lowest BCUT2D eigenvalue weighted by molar-refractivity contribution is 0.312. The van der Waals surface area contributed by atoms with Crippen molar-refractivity contribution in [3.8, 4) is 10.4 Å². The van der Waals surface area contributed by atoms with Crippen LogP contribution in [0.3, 0.4) is 0 Å². The van der Waals surface area contributed by atoms with Crippen LogP contribution in [0, 0.1) is 6.92 Å². The Kier molecular flexibility index (Phi) is 13.5. The highest BCUT2D eigenvalue weighted by Gasteiger charge is 2.14. The fourth-order valence-corrected chi connectivity index (χ4v) is 4.64. The molecule has 1 N–H and O–H groups in total. The molecule has 1 aliphatic rings. The highest BCUT2D eigenvalue weighted by molar-refractivity contribution is 7.15. The van der Waals surface area contributed by atoms with E-state index in [1.807, 2.05) is 73.2 Å². The molecule has 7 heteroatoms. The maximum Gasteiger partial charge on any atom is 0.129 e. The van der Waals surface area contributed by atoms with E-state index in [-0.39, 0.29) is 0 Å². The number of thiazole rings is 1. The van der Waals surface area contributed by atoms with Crippen molar-refractivity contribution in [1.82, 2.24) is 19.9 Å². The van der Waals surface area contributed by atoms with Crippen molar-refractivity contribution in [2.75, 3.05) is 50.5 Å². The summed E-state index contributed by atoms with van der Waals surface area (Å²) in [5.74, 6) is 1.99. The Labute approximate surface area is 233 Å². The van der Waals surface area contributed by atoms with Crippen LogP contribution in [0.15, 0.2) is 61.1 Å². The number of pyridine rings is 2. The molecule has 38 heavy (non-hydrogen) atoms. The van der Waals surface area contributed by atoms with Crippen LogP contribution in [0.4, 0.5) is 11.6 Å². The van der Waals surface area contributed by atoms with E-state index in [2.05, 4.69) is 79.6 Å². The molecule has 0 spiro atoms. The number of aryl methyl sites for hydroxylation is 1. The molecule has 3 aromatic heterocycles. The summed E-state index contributed by atoms with van der Waals surface area (Å²) in [6.07, 6.45) is 9.89. The van der Waals surface area contributed by atoms with E-state index in [9.17, 15) is 0 Å². The monoisotopic (exact) mass is 532 g/mol. The predicted molar refractivity (Wildman–Crippen MR) is 168 cm³/mol. The van der Waals surface area contributed by atoms with Gasteiger partial charge in [-0.25, -0.2) is 15.0 Å². The molecule has 0 aliphatic carbocycles. The predicted octanol–water partition coefficient (Wildman–Crippen LogP) is 7.63. The summed E-state index contributed by atoms with van der Waals surface area (Å²) in [5.41, 5.74) is 2.44. The normalized spacial score (nSPS) is 13.1. The average molecular weight is 533 g/mol. The number of benzene rings is 1. The Morgan fingerprint density at radius 3 is 2.24 bits per heavy atom. The van der Waals surface area contributed by atoms with E-state index in [4.69, 9.17) is 0 Å². The second-order valence-electron chi connectivity index (χ2n) is 8.36. The number of nitrogens with zero attached hydrogens (tertiary/aromatic N) is 5. The molecule has 6 nitrogen and oxygen atoms in total. The number of hydrogen-bond acceptors (Lipinski definition) is 7. The summed E-state index contributed by atoms with van der Waals surface area (Å²) >= 11 is 1.72. The lowest BCUT2D eigenvalue weighted by Crippen LogP contribution is -2.44. The van der Waals surface area contributed by atoms with Gasteiger partial charge in [0.05, 0.1) is 9.88 Å². The summed E-state index contributed by atoms with van der Waals surface area (Å²) in [6, 6.07) is 12.7. The van der Waals surface area contributed by atoms with Crippen LogP contribution >= 0.6 is 11.3 Å². The molecule has 1 fully saturated rings. The van der Waals surface area contributed by atoms with Crippen LogP contribution in [0.1, 0.15) is 45.2 Å². The van der Waals surface area contributed by atoms with Gasteiger partial charge in [-0.1, -0.05) is 52.0 Å². The van der Waals surface area contributed by atoms with Crippen molar-refractivity contribution in [3.63, 3.8) is 0 Å². The molecule has 4 heterocycles. The largest absolute Gasteiger partial charge is 0.373 e. The highest BCUT2D eigenvalue weighted by atomic mass is 32.1. The zero-order valence-electron chi connectivity index (χ0n) is 24.3. The Hall–Kier alpha value is -3.29. The van der Waals surface area contributed by atoms with E-state index in [1.54, 1.807) is 11.3 Å². The van der Waals surface area contributed by atoms with E-state index >= 15 is 0 Å². The fraction of sp³-hybridized carbons (Fsp3) is 0.387. The van der Waals surface area contributed by atoms with Gasteiger partial charge < -0.3 is 15.1 Å². The minimum atomic E-state index is 0.889. The van der Waals surface area contributed by atoms with Crippen LogP contribution in [0.5, 0.6) is 0 Å². The topological polar surface area (TPSA) is 57.2 Å². The molecule has 5 rings (SSSR count). The lowest BCUT2D eigenvalue weighted by atomic mass is 10.1. The van der Waals surface area contributed by atoms with Crippen LogP contribution in [-0.4, -0.2) is 60.1 Å². The number of aromatic nitrogens is 3. The molecule has 0 amide bonds. The van der Waals surface area contributed by atoms with Gasteiger partial charge in [-0.05, 0) is 61.7 Å². The van der Waals surface area contributed by atoms with Crippen LogP contribution in [-0.2, 0) is 0 Å². The van der Waals surface area contributed by atoms with E-state index in [0.29, 0.717) is 0 Å². The third-order valence-corrected chi connectivity index (χ3v) is 6.80. The van der Waals surface area contributed by atoms with E-state index in [1.165, 1.54) is 21.4 Å². The average Bonchev–Trinajstić information content (AvgIpc) is 3.42. The van der Waals surface area contributed by atoms with Gasteiger partial charge in [0, 0.05) is 57.2 Å². The number of hydrogen-bond donors (Lipinski definition) is 1. The summed E-state index contributed by atoms with van der Waals surface area (Å²) in [7, 11) is 4.05. The zero-order valence-corrected chi connectivity index (χ0v) is 25.1. The standard InChI is InChI=1S/C14H13N3S.C13H19N3.2C2H6/c1-9-16-8-13(18-9)10-3-4-11-7-17-14(15-2)6-12(11)5-10;1-3-4-12-5-6-14-13(11-12)16-9-7-15(2)8-10-16;2*1-2/h3-8H,1-2H3,(H,15,17);3-6,11H,7-10H2,1-2H3;2*1-2H3/b;4-3-;;. The van der Waals surface area contributed by atoms with E-state index in [0.717, 1.165) is 48.2 Å². The Morgan fingerprint density at radius 2 is 1.61 bits per heavy atom. The second-order valence-corrected chi connectivity index (χ2v) is 9.60. The van der Waals surface area contributed by atoms with Crippen molar-refractivity contribution in [1.29, 1.82) is 0 Å². The SMILES string of the molecule is C/C=C\c1ccnc(N2CCN(C)CC2)c1.CC.CC.CNc1cc2cc(-c3cnc(C)s3)ccc2cn1. The molecule has 4 aromatic rings. The summed E-state index contributed by atoms with van der Waals surface area (Å²) in [5, 5.41) is 6.50. The number of nitrogens with one attached hydrogen (secondary N) is 1. The smallest absolute Gasteiger partial charge is 0.129 e. The summed E-state index contributed by atoms with van der Waals surface area (Å²) < 4.78 is 0. The van der Waals surface area contributed by atoms with Crippen molar-refractivity contribution >= 4 is 39.8 Å². The van der Waals surface area contributed by atoms with Gasteiger partial charge in [0.2, 0.25) is 0 Å². The number of fused-ring (bicyclic) bond motifs is 1. The number of anilines is 2. The molecule has 204 valence electrons. The van der Waals surface area contributed by atoms with Crippen molar-refractivity contribution in [2.45, 2.75) is 41.5 Å². The molecule has 0 bridgehead atoms. The maximum atomic E-state index is 4.44. The van der Waals surface area contributed by atoms with Crippen molar-refractivity contribution < 1.29 is 0 Å². The number of likely N-dealkylation sites (N-methyl/N-ethyl adjacent to an activating group) is 1. The first kappa shape index (κ1) is 30.9. The minimum absolute atomic E-state index is 0.889. The Balaban J connectivity index is 0.000000238. The molecule has 1 saturated heterocycles. The lowest BCUT2D eigenvalue weighted by Gasteiger charge is -2.33. The summed E-state index contributed by atoms with van der Waals surface area (Å²) in [4.78, 5) is 19.0. The first-order valence-electron chi connectivity index (χ1n) is 13.6. The fourth-order valence-electron chi connectivity index (χ4n) is 3.86. The first-order chi connectivity index (χ1) is 18.6. The molecule has 0 unspecified atom stereocenters. The Bertz CT molecular complexity index is 1260.